The summed E-state index contributed by atoms with van der Waals surface area (Å²) in [6, 6.07) is -0.156. The molecule has 2 N–H and O–H groups in total. The van der Waals surface area contributed by atoms with E-state index in [9.17, 15) is 9.90 Å². The molecule has 2 aromatic rings. The highest BCUT2D eigenvalue weighted by atomic mass is 32.1. The van der Waals surface area contributed by atoms with Crippen molar-refractivity contribution in [2.75, 3.05) is 0 Å². The largest absolute Gasteiger partial charge is 0.480 e. The highest BCUT2D eigenvalue weighted by molar-refractivity contribution is 7.09. The van der Waals surface area contributed by atoms with E-state index >= 15 is 0 Å². The highest BCUT2D eigenvalue weighted by Crippen LogP contribution is 2.46. The van der Waals surface area contributed by atoms with Gasteiger partial charge in [-0.3, -0.25) is 20.1 Å². The second kappa shape index (κ2) is 6.57. The van der Waals surface area contributed by atoms with Gasteiger partial charge in [-0.25, -0.2) is 4.98 Å². The van der Waals surface area contributed by atoms with Gasteiger partial charge in [-0.15, -0.1) is 11.3 Å². The standard InChI is InChI=1S/C17H22N4O2S/c1-10(2)6-17(16(22)23)7-12(13-9-19-11(3)8-20-13)14(21-17)15-18-4-5-24-15/h4-5,8-10,12,14,21H,6-7H2,1-3H3,(H,22,23)/t12-,14-,17+/m1/s1. The first-order valence-electron chi connectivity index (χ1n) is 8.10. The number of aromatic nitrogens is 3. The van der Waals surface area contributed by atoms with Gasteiger partial charge in [-0.1, -0.05) is 13.8 Å². The fourth-order valence-corrected chi connectivity index (χ4v) is 4.27. The number of hydrogen-bond acceptors (Lipinski definition) is 6. The molecule has 0 aromatic carbocycles. The summed E-state index contributed by atoms with van der Waals surface area (Å²) in [5.41, 5.74) is 0.712. The fourth-order valence-electron chi connectivity index (χ4n) is 3.52. The number of carboxylic acids is 1. The van der Waals surface area contributed by atoms with Crippen molar-refractivity contribution in [1.29, 1.82) is 0 Å². The Morgan fingerprint density at radius 3 is 2.75 bits per heavy atom. The quantitative estimate of drug-likeness (QED) is 0.865. The van der Waals surface area contributed by atoms with E-state index in [2.05, 4.69) is 20.3 Å². The molecule has 0 unspecified atom stereocenters. The van der Waals surface area contributed by atoms with Gasteiger partial charge in [0, 0.05) is 29.9 Å². The zero-order chi connectivity index (χ0) is 17.3. The molecule has 128 valence electrons. The molecular formula is C17H22N4O2S. The van der Waals surface area contributed by atoms with Gasteiger partial charge < -0.3 is 5.11 Å². The molecule has 0 saturated carbocycles. The Bertz CT molecular complexity index is 702. The molecule has 24 heavy (non-hydrogen) atoms. The maximum atomic E-state index is 12.1. The second-order valence-corrected chi connectivity index (χ2v) is 7.80. The summed E-state index contributed by atoms with van der Waals surface area (Å²) >= 11 is 1.54. The predicted molar refractivity (Wildman–Crippen MR) is 91.9 cm³/mol. The van der Waals surface area contributed by atoms with E-state index in [0.29, 0.717) is 12.8 Å². The summed E-state index contributed by atoms with van der Waals surface area (Å²) in [7, 11) is 0. The van der Waals surface area contributed by atoms with Crippen LogP contribution in [-0.2, 0) is 4.79 Å². The molecule has 0 amide bonds. The molecule has 0 spiro atoms. The van der Waals surface area contributed by atoms with E-state index in [1.54, 1.807) is 18.6 Å². The Morgan fingerprint density at radius 2 is 2.21 bits per heavy atom. The topological polar surface area (TPSA) is 88.0 Å². The first kappa shape index (κ1) is 17.0. The van der Waals surface area contributed by atoms with Gasteiger partial charge in [0.05, 0.1) is 17.4 Å². The van der Waals surface area contributed by atoms with Gasteiger partial charge in [-0.2, -0.15) is 0 Å². The number of rotatable bonds is 5. The van der Waals surface area contributed by atoms with Gasteiger partial charge in [0.2, 0.25) is 0 Å². The number of thiazole rings is 1. The Hall–Kier alpha value is -1.86. The summed E-state index contributed by atoms with van der Waals surface area (Å²) in [5.74, 6) is -0.590. The SMILES string of the molecule is Cc1cnc([C@H]2C[C@@](CC(C)C)(C(=O)O)N[C@H]2c2nccs2)cn1. The van der Waals surface area contributed by atoms with Crippen LogP contribution in [0.15, 0.2) is 24.0 Å². The van der Waals surface area contributed by atoms with Crippen LogP contribution in [0.3, 0.4) is 0 Å². The summed E-state index contributed by atoms with van der Waals surface area (Å²) in [4.78, 5) is 25.3. The Kier molecular flexibility index (Phi) is 4.64. The van der Waals surface area contributed by atoms with E-state index in [-0.39, 0.29) is 17.9 Å². The summed E-state index contributed by atoms with van der Waals surface area (Å²) in [6.07, 6.45) is 6.30. The van der Waals surface area contributed by atoms with Crippen molar-refractivity contribution in [3.63, 3.8) is 0 Å². The lowest BCUT2D eigenvalue weighted by atomic mass is 9.83. The third-order valence-corrected chi connectivity index (χ3v) is 5.33. The van der Waals surface area contributed by atoms with Gasteiger partial charge in [0.25, 0.3) is 0 Å². The summed E-state index contributed by atoms with van der Waals surface area (Å²) in [5, 5.41) is 16.1. The third kappa shape index (κ3) is 3.18. The van der Waals surface area contributed by atoms with Crippen LogP contribution in [0.5, 0.6) is 0 Å². The van der Waals surface area contributed by atoms with Crippen molar-refractivity contribution < 1.29 is 9.90 Å². The van der Waals surface area contributed by atoms with Crippen LogP contribution in [0.4, 0.5) is 0 Å². The predicted octanol–water partition coefficient (Wildman–Crippen LogP) is 2.93. The number of aliphatic carboxylic acids is 1. The molecule has 6 nitrogen and oxygen atoms in total. The van der Waals surface area contributed by atoms with Crippen LogP contribution in [0.1, 0.15) is 55.0 Å². The number of hydrogen-bond donors (Lipinski definition) is 2. The number of carboxylic acid groups (broad SMARTS) is 1. The van der Waals surface area contributed by atoms with Crippen molar-refractivity contribution in [2.24, 2.45) is 5.92 Å². The number of carbonyl (C=O) groups is 1. The Balaban J connectivity index is 2.00. The monoisotopic (exact) mass is 346 g/mol. The van der Waals surface area contributed by atoms with Crippen molar-refractivity contribution in [2.45, 2.75) is 51.1 Å². The molecule has 3 atom stereocenters. The zero-order valence-electron chi connectivity index (χ0n) is 14.1. The summed E-state index contributed by atoms with van der Waals surface area (Å²) in [6.45, 7) is 5.98. The van der Waals surface area contributed by atoms with Crippen LogP contribution in [-0.4, -0.2) is 31.6 Å². The molecule has 3 heterocycles. The molecule has 1 fully saturated rings. The summed E-state index contributed by atoms with van der Waals surface area (Å²) < 4.78 is 0. The van der Waals surface area contributed by atoms with Crippen LogP contribution in [0.2, 0.25) is 0 Å². The molecule has 0 bridgehead atoms. The fraction of sp³-hybridized carbons (Fsp3) is 0.529. The maximum Gasteiger partial charge on any atom is 0.323 e. The number of nitrogens with one attached hydrogen (secondary N) is 1. The Morgan fingerprint density at radius 1 is 1.42 bits per heavy atom. The lowest BCUT2D eigenvalue weighted by Gasteiger charge is -2.27. The lowest BCUT2D eigenvalue weighted by molar-refractivity contribution is -0.145. The molecule has 1 saturated heterocycles. The van der Waals surface area contributed by atoms with Crippen LogP contribution in [0.25, 0.3) is 0 Å². The van der Waals surface area contributed by atoms with Crippen LogP contribution < -0.4 is 5.32 Å². The second-order valence-electron chi connectivity index (χ2n) is 6.87. The van der Waals surface area contributed by atoms with Crippen molar-refractivity contribution in [3.8, 4) is 0 Å². The number of aryl methyl sites for hydroxylation is 1. The zero-order valence-corrected chi connectivity index (χ0v) is 14.9. The van der Waals surface area contributed by atoms with E-state index < -0.39 is 11.5 Å². The molecule has 1 aliphatic rings. The average Bonchev–Trinajstić information content (AvgIpc) is 3.15. The lowest BCUT2D eigenvalue weighted by Crippen LogP contribution is -2.49. The van der Waals surface area contributed by atoms with Crippen molar-refractivity contribution in [3.05, 3.63) is 40.4 Å². The molecule has 3 rings (SSSR count). The highest BCUT2D eigenvalue weighted by Gasteiger charge is 2.52. The first-order valence-corrected chi connectivity index (χ1v) is 8.98. The van der Waals surface area contributed by atoms with Gasteiger partial charge in [0.15, 0.2) is 0 Å². The van der Waals surface area contributed by atoms with Gasteiger partial charge >= 0.3 is 5.97 Å². The third-order valence-electron chi connectivity index (χ3n) is 4.47. The Labute approximate surface area is 145 Å². The van der Waals surface area contributed by atoms with Crippen LogP contribution >= 0.6 is 11.3 Å². The van der Waals surface area contributed by atoms with Crippen molar-refractivity contribution >= 4 is 17.3 Å². The average molecular weight is 346 g/mol. The van der Waals surface area contributed by atoms with Gasteiger partial charge in [0.1, 0.15) is 10.5 Å². The van der Waals surface area contributed by atoms with Crippen molar-refractivity contribution in [1.82, 2.24) is 20.3 Å². The molecule has 2 aromatic heterocycles. The molecule has 0 aliphatic carbocycles. The van der Waals surface area contributed by atoms with E-state index in [0.717, 1.165) is 16.4 Å². The molecular weight excluding hydrogens is 324 g/mol. The molecule has 1 aliphatic heterocycles. The minimum atomic E-state index is -0.957. The van der Waals surface area contributed by atoms with E-state index in [4.69, 9.17) is 0 Å². The normalized spacial score (nSPS) is 26.8. The van der Waals surface area contributed by atoms with Crippen LogP contribution in [0, 0.1) is 12.8 Å². The minimum absolute atomic E-state index is 0.0564. The maximum absolute atomic E-state index is 12.1. The molecule has 0 radical (unpaired) electrons. The van der Waals surface area contributed by atoms with E-state index in [1.807, 2.05) is 26.2 Å². The number of nitrogens with zero attached hydrogens (tertiary/aromatic N) is 3. The first-order chi connectivity index (χ1) is 11.4. The van der Waals surface area contributed by atoms with Gasteiger partial charge in [-0.05, 0) is 25.7 Å². The molecule has 7 heteroatoms. The minimum Gasteiger partial charge on any atom is -0.480 e. The smallest absolute Gasteiger partial charge is 0.323 e. The van der Waals surface area contributed by atoms with E-state index in [1.165, 1.54) is 11.3 Å².